The van der Waals surface area contributed by atoms with Crippen molar-refractivity contribution in [3.63, 3.8) is 0 Å². The molecule has 3 aromatic rings. The van der Waals surface area contributed by atoms with Crippen LogP contribution in [0, 0.1) is 13.8 Å². The molecule has 0 bridgehead atoms. The van der Waals surface area contributed by atoms with Crippen molar-refractivity contribution in [2.24, 2.45) is 0 Å². The Labute approximate surface area is 183 Å². The minimum Gasteiger partial charge on any atom is -0.361 e. The van der Waals surface area contributed by atoms with Crippen LogP contribution < -0.4 is 5.32 Å². The molecule has 1 fully saturated rings. The first kappa shape index (κ1) is 21.2. The monoisotopic (exact) mass is 444 g/mol. The van der Waals surface area contributed by atoms with Gasteiger partial charge in [0.2, 0.25) is 5.91 Å². The highest BCUT2D eigenvalue weighted by Crippen LogP contribution is 2.25. The van der Waals surface area contributed by atoms with Gasteiger partial charge in [-0.3, -0.25) is 14.5 Å². The van der Waals surface area contributed by atoms with Gasteiger partial charge in [0.1, 0.15) is 11.3 Å². The molecule has 31 heavy (non-hydrogen) atoms. The van der Waals surface area contributed by atoms with Crippen LogP contribution in [0.1, 0.15) is 33.4 Å². The van der Waals surface area contributed by atoms with Crippen LogP contribution in [0.25, 0.3) is 11.5 Å². The lowest BCUT2D eigenvalue weighted by Crippen LogP contribution is -2.41. The Morgan fingerprint density at radius 2 is 2.03 bits per heavy atom. The van der Waals surface area contributed by atoms with Gasteiger partial charge in [0.05, 0.1) is 23.7 Å². The second-order valence-electron chi connectivity index (χ2n) is 7.39. The number of carbonyl (C=O) groups is 2. The molecule has 11 heteroatoms. The molecular formula is C20H24N6O4S. The minimum atomic E-state index is -0.217. The number of rotatable bonds is 6. The predicted octanol–water partition coefficient (Wildman–Crippen LogP) is 1.87. The molecule has 1 N–H and O–H groups in total. The largest absolute Gasteiger partial charge is 0.361 e. The Hall–Kier alpha value is -3.05. The Balaban J connectivity index is 1.28. The number of carbonyl (C=O) groups excluding carboxylic acids is 2. The molecule has 4 rings (SSSR count). The smallest absolute Gasteiger partial charge is 0.263 e. The van der Waals surface area contributed by atoms with E-state index in [9.17, 15) is 9.59 Å². The van der Waals surface area contributed by atoms with E-state index >= 15 is 0 Å². The zero-order valence-electron chi connectivity index (χ0n) is 17.5. The number of hydrogen-bond acceptors (Lipinski definition) is 9. The molecule has 0 unspecified atom stereocenters. The van der Waals surface area contributed by atoms with Crippen LogP contribution in [-0.4, -0.2) is 69.6 Å². The summed E-state index contributed by atoms with van der Waals surface area (Å²) >= 11 is 1.35. The summed E-state index contributed by atoms with van der Waals surface area (Å²) in [5.41, 5.74) is 1.44. The molecule has 1 aliphatic heterocycles. The molecule has 0 aliphatic carbocycles. The van der Waals surface area contributed by atoms with Crippen LogP contribution in [0.15, 0.2) is 26.6 Å². The fourth-order valence-corrected chi connectivity index (χ4v) is 4.19. The van der Waals surface area contributed by atoms with E-state index in [0.29, 0.717) is 54.2 Å². The molecule has 1 saturated heterocycles. The lowest BCUT2D eigenvalue weighted by Gasteiger charge is -2.21. The van der Waals surface area contributed by atoms with E-state index in [1.54, 1.807) is 11.0 Å². The van der Waals surface area contributed by atoms with Gasteiger partial charge >= 0.3 is 0 Å². The van der Waals surface area contributed by atoms with Gasteiger partial charge in [-0.05, 0) is 31.7 Å². The average molecular weight is 445 g/mol. The summed E-state index contributed by atoms with van der Waals surface area (Å²) in [5, 5.41) is 12.5. The number of aryl methyl sites for hydroxylation is 2. The minimum absolute atomic E-state index is 0.00235. The fourth-order valence-electron chi connectivity index (χ4n) is 3.55. The van der Waals surface area contributed by atoms with Crippen LogP contribution in [0.2, 0.25) is 0 Å². The van der Waals surface area contributed by atoms with Crippen molar-refractivity contribution in [3.8, 4) is 11.5 Å². The third kappa shape index (κ3) is 5.00. The van der Waals surface area contributed by atoms with E-state index in [1.165, 1.54) is 11.3 Å². The van der Waals surface area contributed by atoms with Gasteiger partial charge in [-0.15, -0.1) is 11.3 Å². The molecule has 3 aromatic heterocycles. The highest BCUT2D eigenvalue weighted by atomic mass is 32.1. The molecule has 0 atom stereocenters. The van der Waals surface area contributed by atoms with E-state index in [1.807, 2.05) is 25.3 Å². The van der Waals surface area contributed by atoms with Crippen molar-refractivity contribution in [2.45, 2.75) is 26.8 Å². The Kier molecular flexibility index (Phi) is 6.42. The third-order valence-electron chi connectivity index (χ3n) is 5.17. The summed E-state index contributed by atoms with van der Waals surface area (Å²) in [6.07, 6.45) is 0.833. The van der Waals surface area contributed by atoms with Crippen LogP contribution in [0.5, 0.6) is 0 Å². The normalized spacial score (nSPS) is 15.1. The van der Waals surface area contributed by atoms with Crippen molar-refractivity contribution < 1.29 is 18.6 Å². The van der Waals surface area contributed by atoms with Gasteiger partial charge in [0.15, 0.2) is 5.82 Å². The second-order valence-corrected chi connectivity index (χ2v) is 8.33. The molecule has 1 aliphatic rings. The maximum atomic E-state index is 12.5. The summed E-state index contributed by atoms with van der Waals surface area (Å²) in [6.45, 7) is 6.93. The lowest BCUT2D eigenvalue weighted by molar-refractivity contribution is -0.130. The van der Waals surface area contributed by atoms with Gasteiger partial charge in [0, 0.05) is 26.2 Å². The van der Waals surface area contributed by atoms with Gasteiger partial charge in [-0.2, -0.15) is 4.98 Å². The molecule has 10 nitrogen and oxygen atoms in total. The van der Waals surface area contributed by atoms with Gasteiger partial charge < -0.3 is 19.3 Å². The molecule has 0 spiro atoms. The summed E-state index contributed by atoms with van der Waals surface area (Å²) in [4.78, 5) is 33.6. The highest BCUT2D eigenvalue weighted by Gasteiger charge is 2.22. The number of nitrogens with one attached hydrogen (secondary N) is 1. The van der Waals surface area contributed by atoms with Crippen molar-refractivity contribution >= 4 is 23.2 Å². The van der Waals surface area contributed by atoms with Crippen LogP contribution in [0.3, 0.4) is 0 Å². The van der Waals surface area contributed by atoms with Crippen LogP contribution >= 0.6 is 11.3 Å². The van der Waals surface area contributed by atoms with Gasteiger partial charge in [-0.1, -0.05) is 16.4 Å². The molecule has 0 radical (unpaired) electrons. The molecule has 2 amide bonds. The molecular weight excluding hydrogens is 420 g/mol. The average Bonchev–Trinajstić information content (AvgIpc) is 3.47. The van der Waals surface area contributed by atoms with Crippen LogP contribution in [-0.2, 0) is 11.3 Å². The van der Waals surface area contributed by atoms with E-state index in [0.717, 1.165) is 18.5 Å². The zero-order valence-corrected chi connectivity index (χ0v) is 18.3. The summed E-state index contributed by atoms with van der Waals surface area (Å²) in [6, 6.07) is 3.55. The van der Waals surface area contributed by atoms with E-state index in [4.69, 9.17) is 9.05 Å². The van der Waals surface area contributed by atoms with Crippen molar-refractivity contribution in [1.29, 1.82) is 0 Å². The first-order valence-corrected chi connectivity index (χ1v) is 11.0. The van der Waals surface area contributed by atoms with Crippen molar-refractivity contribution in [2.75, 3.05) is 32.7 Å². The zero-order chi connectivity index (χ0) is 21.8. The maximum Gasteiger partial charge on any atom is 0.263 e. The summed E-state index contributed by atoms with van der Waals surface area (Å²) < 4.78 is 10.6. The van der Waals surface area contributed by atoms with Gasteiger partial charge in [0.25, 0.3) is 11.8 Å². The number of aromatic nitrogens is 3. The van der Waals surface area contributed by atoms with Crippen molar-refractivity contribution in [1.82, 2.24) is 30.4 Å². The quantitative estimate of drug-likeness (QED) is 0.612. The van der Waals surface area contributed by atoms with Crippen molar-refractivity contribution in [3.05, 3.63) is 39.7 Å². The van der Waals surface area contributed by atoms with Gasteiger partial charge in [-0.25, -0.2) is 0 Å². The second kappa shape index (κ2) is 9.40. The predicted molar refractivity (Wildman–Crippen MR) is 112 cm³/mol. The third-order valence-corrected chi connectivity index (χ3v) is 6.04. The number of amides is 2. The first-order valence-electron chi connectivity index (χ1n) is 10.1. The Morgan fingerprint density at radius 3 is 2.77 bits per heavy atom. The maximum absolute atomic E-state index is 12.5. The van der Waals surface area contributed by atoms with E-state index in [-0.39, 0.29) is 18.4 Å². The molecule has 0 saturated carbocycles. The Morgan fingerprint density at radius 1 is 1.16 bits per heavy atom. The van der Waals surface area contributed by atoms with E-state index in [2.05, 4.69) is 25.5 Å². The lowest BCUT2D eigenvalue weighted by atomic mass is 10.2. The fraction of sp³-hybridized carbons (Fsp3) is 0.450. The van der Waals surface area contributed by atoms with E-state index < -0.39 is 0 Å². The Bertz CT molecular complexity index is 1020. The SMILES string of the molecule is Cc1noc(C)c1-c1nc(CN2CCCN(C(=O)CNC(=O)c3cccs3)CC2)no1. The summed E-state index contributed by atoms with van der Waals surface area (Å²) in [7, 11) is 0. The molecule has 0 aromatic carbocycles. The number of thiophene rings is 1. The highest BCUT2D eigenvalue weighted by molar-refractivity contribution is 7.12. The summed E-state index contributed by atoms with van der Waals surface area (Å²) in [5.74, 6) is 1.33. The van der Waals surface area contributed by atoms with Crippen LogP contribution in [0.4, 0.5) is 0 Å². The molecule has 164 valence electrons. The topological polar surface area (TPSA) is 118 Å². The first-order chi connectivity index (χ1) is 15.0. The number of nitrogens with zero attached hydrogens (tertiary/aromatic N) is 5. The standard InChI is InChI=1S/C20H24N6O4S/c1-13-18(14(2)29-23-13)20-22-16(24-30-20)12-25-6-4-7-26(9-8-25)17(27)11-21-19(28)15-5-3-10-31-15/h3,5,10H,4,6-9,11-12H2,1-2H3,(H,21,28). The number of hydrogen-bond donors (Lipinski definition) is 1. The molecule has 4 heterocycles.